The Morgan fingerprint density at radius 1 is 1.26 bits per heavy atom. The van der Waals surface area contributed by atoms with E-state index in [0.717, 1.165) is 12.8 Å². The van der Waals surface area contributed by atoms with Crippen LogP contribution < -0.4 is 15.6 Å². The second kappa shape index (κ2) is 5.49. The van der Waals surface area contributed by atoms with Crippen LogP contribution in [0.5, 0.6) is 5.75 Å². The van der Waals surface area contributed by atoms with Gasteiger partial charge in [-0.2, -0.15) is 0 Å². The molecule has 2 fully saturated rings. The van der Waals surface area contributed by atoms with Gasteiger partial charge in [0.2, 0.25) is 0 Å². The maximum absolute atomic E-state index is 11.9. The van der Waals surface area contributed by atoms with Gasteiger partial charge in [0.15, 0.2) is 0 Å². The van der Waals surface area contributed by atoms with Crippen LogP contribution in [0.1, 0.15) is 51.0 Å². The molecule has 2 heterocycles. The van der Waals surface area contributed by atoms with E-state index in [2.05, 4.69) is 10.3 Å². The summed E-state index contributed by atoms with van der Waals surface area (Å²) < 4.78 is 18.0. The van der Waals surface area contributed by atoms with Gasteiger partial charge >= 0.3 is 7.12 Å². The molecular formula is C16H23BN2O4. The van der Waals surface area contributed by atoms with Crippen molar-refractivity contribution in [3.05, 3.63) is 17.8 Å². The molecule has 0 bridgehead atoms. The molecule has 1 aliphatic heterocycles. The van der Waals surface area contributed by atoms with Crippen LogP contribution in [0.4, 0.5) is 0 Å². The number of nitrogens with one attached hydrogen (secondary N) is 1. The summed E-state index contributed by atoms with van der Waals surface area (Å²) in [6.07, 6.45) is 2.31. The van der Waals surface area contributed by atoms with Crippen molar-refractivity contribution in [3.8, 4) is 5.75 Å². The molecule has 23 heavy (non-hydrogen) atoms. The van der Waals surface area contributed by atoms with Crippen LogP contribution in [-0.2, 0) is 9.31 Å². The van der Waals surface area contributed by atoms with Gasteiger partial charge in [-0.15, -0.1) is 0 Å². The van der Waals surface area contributed by atoms with E-state index in [-0.39, 0.29) is 12.0 Å². The number of carbonyl (C=O) groups is 1. The number of nitrogens with zero attached hydrogens (tertiary/aromatic N) is 1. The zero-order valence-corrected chi connectivity index (χ0v) is 14.3. The van der Waals surface area contributed by atoms with Crippen LogP contribution in [0.25, 0.3) is 0 Å². The molecule has 7 heteroatoms. The van der Waals surface area contributed by atoms with Crippen LogP contribution in [0.3, 0.4) is 0 Å². The van der Waals surface area contributed by atoms with Crippen molar-refractivity contribution < 1.29 is 18.8 Å². The number of aromatic nitrogens is 1. The summed E-state index contributed by atoms with van der Waals surface area (Å²) in [7, 11) is 0.922. The number of carbonyl (C=O) groups excluding carboxylic acids is 1. The largest absolute Gasteiger partial charge is 0.518 e. The van der Waals surface area contributed by atoms with Crippen molar-refractivity contribution in [2.75, 3.05) is 7.05 Å². The molecule has 0 radical (unpaired) electrons. The van der Waals surface area contributed by atoms with Crippen molar-refractivity contribution in [3.63, 3.8) is 0 Å². The third kappa shape index (κ3) is 3.08. The van der Waals surface area contributed by atoms with Crippen LogP contribution in [-0.4, -0.2) is 42.4 Å². The first-order chi connectivity index (χ1) is 10.7. The first kappa shape index (κ1) is 16.3. The van der Waals surface area contributed by atoms with Crippen LogP contribution in [0.15, 0.2) is 12.1 Å². The minimum atomic E-state index is -0.654. The first-order valence-electron chi connectivity index (χ1n) is 7.99. The second-order valence-corrected chi connectivity index (χ2v) is 7.06. The molecule has 1 aromatic rings. The van der Waals surface area contributed by atoms with Gasteiger partial charge in [-0.1, -0.05) is 0 Å². The molecule has 1 aliphatic carbocycles. The maximum Gasteiger partial charge on any atom is 0.518 e. The Bertz CT molecular complexity index is 613. The zero-order valence-electron chi connectivity index (χ0n) is 14.3. The predicted molar refractivity (Wildman–Crippen MR) is 87.0 cm³/mol. The summed E-state index contributed by atoms with van der Waals surface area (Å²) in [5.41, 5.74) is -0.102. The zero-order chi connectivity index (χ0) is 16.8. The Labute approximate surface area is 137 Å². The second-order valence-electron chi connectivity index (χ2n) is 7.06. The molecule has 1 amide bonds. The number of amides is 1. The fraction of sp³-hybridized carbons (Fsp3) is 0.625. The van der Waals surface area contributed by atoms with Crippen molar-refractivity contribution in [1.29, 1.82) is 0 Å². The Balaban J connectivity index is 1.96. The summed E-state index contributed by atoms with van der Waals surface area (Å²) in [6.45, 7) is 7.93. The van der Waals surface area contributed by atoms with Crippen molar-refractivity contribution in [1.82, 2.24) is 10.3 Å². The molecule has 2 aliphatic rings. The number of pyridine rings is 1. The molecule has 124 valence electrons. The van der Waals surface area contributed by atoms with Gasteiger partial charge in [0.1, 0.15) is 17.0 Å². The smallest absolute Gasteiger partial charge is 0.489 e. The molecule has 0 spiro atoms. The van der Waals surface area contributed by atoms with Crippen LogP contribution >= 0.6 is 0 Å². The maximum atomic E-state index is 11.9. The fourth-order valence-electron chi connectivity index (χ4n) is 2.31. The molecule has 0 unspecified atom stereocenters. The van der Waals surface area contributed by atoms with Gasteiger partial charge in [0.05, 0.1) is 17.3 Å². The lowest BCUT2D eigenvalue weighted by atomic mass is 9.83. The van der Waals surface area contributed by atoms with E-state index in [4.69, 9.17) is 14.0 Å². The van der Waals surface area contributed by atoms with Gasteiger partial charge in [-0.3, -0.25) is 4.79 Å². The lowest BCUT2D eigenvalue weighted by Crippen LogP contribution is -2.41. The van der Waals surface area contributed by atoms with Gasteiger partial charge in [-0.05, 0) is 52.7 Å². The third-order valence-corrected chi connectivity index (χ3v) is 4.64. The number of hydrogen-bond donors (Lipinski definition) is 1. The average molecular weight is 318 g/mol. The number of hydrogen-bond acceptors (Lipinski definition) is 5. The lowest BCUT2D eigenvalue weighted by Gasteiger charge is -2.32. The highest BCUT2D eigenvalue weighted by Gasteiger charge is 2.53. The minimum absolute atomic E-state index is 0.226. The third-order valence-electron chi connectivity index (χ3n) is 4.64. The highest BCUT2D eigenvalue weighted by atomic mass is 16.7. The Morgan fingerprint density at radius 2 is 1.87 bits per heavy atom. The van der Waals surface area contributed by atoms with Crippen molar-refractivity contribution in [2.24, 2.45) is 0 Å². The van der Waals surface area contributed by atoms with Crippen molar-refractivity contribution in [2.45, 2.75) is 57.8 Å². The first-order valence-corrected chi connectivity index (χ1v) is 7.99. The SMILES string of the molecule is CNC(=O)c1ccc(OC2CC2)c(B2OC(C)(C)C(C)(C)O2)n1. The van der Waals surface area contributed by atoms with Gasteiger partial charge < -0.3 is 19.4 Å². The summed E-state index contributed by atoms with van der Waals surface area (Å²) >= 11 is 0. The van der Waals surface area contributed by atoms with E-state index in [0.29, 0.717) is 17.0 Å². The summed E-state index contributed by atoms with van der Waals surface area (Å²) in [5, 5.41) is 2.58. The molecule has 6 nitrogen and oxygen atoms in total. The molecular weight excluding hydrogens is 295 g/mol. The van der Waals surface area contributed by atoms with Gasteiger partial charge in [0, 0.05) is 7.05 Å². The summed E-state index contributed by atoms with van der Waals surface area (Å²) in [5.74, 6) is 0.374. The number of ether oxygens (including phenoxy) is 1. The standard InChI is InChI=1S/C16H23BN2O4/c1-15(2)16(3,4)23-17(22-15)13-12(21-10-6-7-10)9-8-11(19-13)14(20)18-5/h8-10H,6-7H2,1-5H3,(H,18,20). The highest BCUT2D eigenvalue weighted by Crippen LogP contribution is 2.37. The molecule has 1 N–H and O–H groups in total. The summed E-state index contributed by atoms with van der Waals surface area (Å²) in [6, 6.07) is 3.43. The molecule has 1 aromatic heterocycles. The summed E-state index contributed by atoms with van der Waals surface area (Å²) in [4.78, 5) is 16.3. The quantitative estimate of drug-likeness (QED) is 0.847. The van der Waals surface area contributed by atoms with E-state index in [1.54, 1.807) is 19.2 Å². The van der Waals surface area contributed by atoms with Crippen LogP contribution in [0.2, 0.25) is 0 Å². The molecule has 0 atom stereocenters. The van der Waals surface area contributed by atoms with Crippen LogP contribution in [0, 0.1) is 0 Å². The normalized spacial score (nSPS) is 22.0. The van der Waals surface area contributed by atoms with E-state index < -0.39 is 18.3 Å². The van der Waals surface area contributed by atoms with Gasteiger partial charge in [0.25, 0.3) is 5.91 Å². The Kier molecular flexibility index (Phi) is 3.88. The van der Waals surface area contributed by atoms with Crippen molar-refractivity contribution >= 4 is 18.6 Å². The topological polar surface area (TPSA) is 69.7 Å². The molecule has 0 aromatic carbocycles. The lowest BCUT2D eigenvalue weighted by molar-refractivity contribution is 0.00578. The molecule has 3 rings (SSSR count). The Hall–Kier alpha value is -1.60. The fourth-order valence-corrected chi connectivity index (χ4v) is 2.31. The van der Waals surface area contributed by atoms with E-state index in [1.807, 2.05) is 27.7 Å². The highest BCUT2D eigenvalue weighted by molar-refractivity contribution is 6.62. The number of rotatable bonds is 4. The average Bonchev–Trinajstić information content (AvgIpc) is 3.25. The monoisotopic (exact) mass is 318 g/mol. The molecule has 1 saturated heterocycles. The van der Waals surface area contributed by atoms with E-state index in [9.17, 15) is 4.79 Å². The van der Waals surface area contributed by atoms with E-state index >= 15 is 0 Å². The minimum Gasteiger partial charge on any atom is -0.489 e. The van der Waals surface area contributed by atoms with E-state index in [1.165, 1.54) is 0 Å². The van der Waals surface area contributed by atoms with Gasteiger partial charge in [-0.25, -0.2) is 4.98 Å². The molecule has 1 saturated carbocycles. The Morgan fingerprint density at radius 3 is 2.39 bits per heavy atom. The predicted octanol–water partition coefficient (Wildman–Crippen LogP) is 1.28.